The number of hydrogen-bond acceptors (Lipinski definition) is 2. The minimum atomic E-state index is 0.569. The van der Waals surface area contributed by atoms with Gasteiger partial charge in [-0.3, -0.25) is 0 Å². The Hall–Kier alpha value is -1.28. The van der Waals surface area contributed by atoms with Gasteiger partial charge in [-0.1, -0.05) is 23.8 Å². The highest BCUT2D eigenvalue weighted by molar-refractivity contribution is 5.27. The molecular formula is C18H27NO. The Kier molecular flexibility index (Phi) is 6.13. The summed E-state index contributed by atoms with van der Waals surface area (Å²) in [6, 6.07) is 8.98. The molecular weight excluding hydrogens is 246 g/mol. The Labute approximate surface area is 123 Å². The molecule has 1 N–H and O–H groups in total. The molecule has 1 aromatic carbocycles. The van der Waals surface area contributed by atoms with E-state index < -0.39 is 0 Å². The molecule has 0 fully saturated rings. The topological polar surface area (TPSA) is 21.3 Å². The van der Waals surface area contributed by atoms with Crippen molar-refractivity contribution in [3.8, 4) is 5.75 Å². The smallest absolute Gasteiger partial charge is 0.118 e. The highest BCUT2D eigenvalue weighted by atomic mass is 16.5. The summed E-state index contributed by atoms with van der Waals surface area (Å²) in [6.07, 6.45) is 10.0. The van der Waals surface area contributed by atoms with Crippen LogP contribution in [0.1, 0.15) is 44.6 Å². The molecule has 110 valence electrons. The number of nitrogens with one attached hydrogen (secondary N) is 1. The van der Waals surface area contributed by atoms with Crippen LogP contribution in [0.3, 0.4) is 0 Å². The monoisotopic (exact) mass is 273 g/mol. The molecule has 0 saturated carbocycles. The summed E-state index contributed by atoms with van der Waals surface area (Å²) < 4.78 is 5.18. The fraction of sp³-hybridized carbons (Fsp3) is 0.556. The van der Waals surface area contributed by atoms with E-state index in [1.165, 1.54) is 37.7 Å². The van der Waals surface area contributed by atoms with Gasteiger partial charge in [0.05, 0.1) is 7.11 Å². The van der Waals surface area contributed by atoms with Gasteiger partial charge in [0.15, 0.2) is 0 Å². The van der Waals surface area contributed by atoms with E-state index in [1.807, 2.05) is 12.1 Å². The molecule has 1 atom stereocenters. The molecule has 2 rings (SSSR count). The highest BCUT2D eigenvalue weighted by Gasteiger charge is 2.06. The molecule has 0 aromatic heterocycles. The molecule has 0 saturated heterocycles. The van der Waals surface area contributed by atoms with Gasteiger partial charge in [0.1, 0.15) is 5.75 Å². The van der Waals surface area contributed by atoms with Gasteiger partial charge in [0, 0.05) is 12.6 Å². The third-order valence-corrected chi connectivity index (χ3v) is 4.09. The fourth-order valence-corrected chi connectivity index (χ4v) is 2.65. The molecule has 2 nitrogen and oxygen atoms in total. The van der Waals surface area contributed by atoms with E-state index in [4.69, 9.17) is 4.74 Å². The number of allylic oxidation sites excluding steroid dienone is 1. The van der Waals surface area contributed by atoms with E-state index in [9.17, 15) is 0 Å². The maximum Gasteiger partial charge on any atom is 0.118 e. The van der Waals surface area contributed by atoms with Crippen molar-refractivity contribution in [3.63, 3.8) is 0 Å². The summed E-state index contributed by atoms with van der Waals surface area (Å²) in [5, 5.41) is 3.65. The van der Waals surface area contributed by atoms with Gasteiger partial charge in [0.25, 0.3) is 0 Å². The van der Waals surface area contributed by atoms with Crippen LogP contribution in [0.15, 0.2) is 35.9 Å². The van der Waals surface area contributed by atoms with Gasteiger partial charge in [0.2, 0.25) is 0 Å². The fourth-order valence-electron chi connectivity index (χ4n) is 2.65. The van der Waals surface area contributed by atoms with E-state index in [2.05, 4.69) is 30.4 Å². The van der Waals surface area contributed by atoms with E-state index in [1.54, 1.807) is 12.7 Å². The average Bonchev–Trinajstić information content (AvgIpc) is 2.52. The van der Waals surface area contributed by atoms with E-state index in [0.717, 1.165) is 18.7 Å². The van der Waals surface area contributed by atoms with Crippen LogP contribution >= 0.6 is 0 Å². The predicted octanol–water partition coefficient (Wildman–Crippen LogP) is 4.11. The van der Waals surface area contributed by atoms with Crippen molar-refractivity contribution in [2.45, 2.75) is 51.5 Å². The molecule has 0 aliphatic heterocycles. The highest BCUT2D eigenvalue weighted by Crippen LogP contribution is 2.17. The molecule has 20 heavy (non-hydrogen) atoms. The lowest BCUT2D eigenvalue weighted by Crippen LogP contribution is -2.28. The number of aryl methyl sites for hydroxylation is 1. The largest absolute Gasteiger partial charge is 0.497 e. The SMILES string of the molecule is COc1ccc(CCC(C)NCC2=CCCCC2)cc1. The predicted molar refractivity (Wildman–Crippen MR) is 85.3 cm³/mol. The Balaban J connectivity index is 1.68. The normalized spacial score (nSPS) is 16.6. The molecule has 0 spiro atoms. The molecule has 1 aliphatic carbocycles. The summed E-state index contributed by atoms with van der Waals surface area (Å²) in [5.74, 6) is 0.934. The Morgan fingerprint density at radius 1 is 1.20 bits per heavy atom. The van der Waals surface area contributed by atoms with Crippen molar-refractivity contribution >= 4 is 0 Å². The average molecular weight is 273 g/mol. The number of rotatable bonds is 7. The zero-order valence-electron chi connectivity index (χ0n) is 12.8. The van der Waals surface area contributed by atoms with Crippen LogP contribution in [0, 0.1) is 0 Å². The maximum absolute atomic E-state index is 5.18. The summed E-state index contributed by atoms with van der Waals surface area (Å²) >= 11 is 0. The molecule has 0 heterocycles. The third kappa shape index (κ3) is 5.01. The van der Waals surface area contributed by atoms with Crippen molar-refractivity contribution in [1.29, 1.82) is 0 Å². The van der Waals surface area contributed by atoms with Crippen molar-refractivity contribution in [1.82, 2.24) is 5.32 Å². The zero-order valence-corrected chi connectivity index (χ0v) is 12.8. The van der Waals surface area contributed by atoms with Crippen LogP contribution in [0.4, 0.5) is 0 Å². The third-order valence-electron chi connectivity index (χ3n) is 4.09. The minimum Gasteiger partial charge on any atom is -0.497 e. The molecule has 0 bridgehead atoms. The molecule has 1 aromatic rings. The molecule has 1 aliphatic rings. The molecule has 0 radical (unpaired) electrons. The second-order valence-electron chi connectivity index (χ2n) is 5.78. The second-order valence-corrected chi connectivity index (χ2v) is 5.78. The Morgan fingerprint density at radius 2 is 2.00 bits per heavy atom. The summed E-state index contributed by atoms with van der Waals surface area (Å²) in [5.41, 5.74) is 2.99. The maximum atomic E-state index is 5.18. The Bertz CT molecular complexity index is 422. The van der Waals surface area contributed by atoms with Gasteiger partial charge < -0.3 is 10.1 Å². The lowest BCUT2D eigenvalue weighted by Gasteiger charge is -2.18. The Morgan fingerprint density at radius 3 is 2.65 bits per heavy atom. The quantitative estimate of drug-likeness (QED) is 0.755. The van der Waals surface area contributed by atoms with Crippen LogP contribution in [0.25, 0.3) is 0 Å². The summed E-state index contributed by atoms with van der Waals surface area (Å²) in [6.45, 7) is 3.36. The van der Waals surface area contributed by atoms with Crippen LogP contribution < -0.4 is 10.1 Å². The number of hydrogen-bond donors (Lipinski definition) is 1. The van der Waals surface area contributed by atoms with Crippen LogP contribution in [-0.4, -0.2) is 19.7 Å². The number of ether oxygens (including phenoxy) is 1. The zero-order chi connectivity index (χ0) is 14.2. The second kappa shape index (κ2) is 8.11. The van der Waals surface area contributed by atoms with Crippen LogP contribution in [0.2, 0.25) is 0 Å². The van der Waals surface area contributed by atoms with Crippen molar-refractivity contribution in [2.75, 3.05) is 13.7 Å². The van der Waals surface area contributed by atoms with Gasteiger partial charge in [-0.15, -0.1) is 0 Å². The van der Waals surface area contributed by atoms with Gasteiger partial charge in [-0.2, -0.15) is 0 Å². The van der Waals surface area contributed by atoms with E-state index in [0.29, 0.717) is 6.04 Å². The van der Waals surface area contributed by atoms with E-state index in [-0.39, 0.29) is 0 Å². The van der Waals surface area contributed by atoms with Gasteiger partial charge in [-0.05, 0) is 63.1 Å². The van der Waals surface area contributed by atoms with Crippen molar-refractivity contribution in [3.05, 3.63) is 41.5 Å². The van der Waals surface area contributed by atoms with E-state index >= 15 is 0 Å². The molecule has 0 amide bonds. The summed E-state index contributed by atoms with van der Waals surface area (Å²) in [4.78, 5) is 0. The van der Waals surface area contributed by atoms with Gasteiger partial charge >= 0.3 is 0 Å². The van der Waals surface area contributed by atoms with Crippen LogP contribution in [-0.2, 0) is 6.42 Å². The summed E-state index contributed by atoms with van der Waals surface area (Å²) in [7, 11) is 1.71. The standard InChI is InChI=1S/C18H27NO/c1-15(19-14-17-6-4-3-5-7-17)8-9-16-10-12-18(20-2)13-11-16/h6,10-13,15,19H,3-5,7-9,14H2,1-2H3. The lowest BCUT2D eigenvalue weighted by molar-refractivity contribution is 0.414. The molecule has 2 heteroatoms. The van der Waals surface area contributed by atoms with Crippen molar-refractivity contribution in [2.24, 2.45) is 0 Å². The first-order chi connectivity index (χ1) is 9.78. The first-order valence-corrected chi connectivity index (χ1v) is 7.82. The molecule has 1 unspecified atom stereocenters. The number of benzene rings is 1. The first-order valence-electron chi connectivity index (χ1n) is 7.82. The van der Waals surface area contributed by atoms with Crippen LogP contribution in [0.5, 0.6) is 5.75 Å². The first kappa shape index (κ1) is 15.1. The van der Waals surface area contributed by atoms with Gasteiger partial charge in [-0.25, -0.2) is 0 Å². The number of methoxy groups -OCH3 is 1. The van der Waals surface area contributed by atoms with Crippen molar-refractivity contribution < 1.29 is 4.74 Å². The lowest BCUT2D eigenvalue weighted by atomic mass is 9.99. The minimum absolute atomic E-state index is 0.569.